The maximum atomic E-state index is 12.3. The Labute approximate surface area is 145 Å². The molecule has 0 spiro atoms. The summed E-state index contributed by atoms with van der Waals surface area (Å²) in [6.45, 7) is 1.37. The number of rotatable bonds is 5. The van der Waals surface area contributed by atoms with Gasteiger partial charge in [-0.1, -0.05) is 18.0 Å². The van der Waals surface area contributed by atoms with Crippen LogP contribution in [0.1, 0.15) is 76.7 Å². The van der Waals surface area contributed by atoms with Gasteiger partial charge in [-0.2, -0.15) is 4.98 Å². The first kappa shape index (κ1) is 15.8. The molecule has 0 bridgehead atoms. The lowest BCUT2D eigenvalue weighted by Crippen LogP contribution is -2.22. The third kappa shape index (κ3) is 3.37. The summed E-state index contributed by atoms with van der Waals surface area (Å²) in [7, 11) is 0. The predicted octanol–water partition coefficient (Wildman–Crippen LogP) is 3.14. The molecule has 7 heteroatoms. The summed E-state index contributed by atoms with van der Waals surface area (Å²) in [4.78, 5) is 18.7. The highest BCUT2D eigenvalue weighted by Gasteiger charge is 2.23. The van der Waals surface area contributed by atoms with Crippen molar-refractivity contribution in [2.45, 2.75) is 57.0 Å². The van der Waals surface area contributed by atoms with Crippen LogP contribution < -0.4 is 10.6 Å². The van der Waals surface area contributed by atoms with Gasteiger partial charge in [0.1, 0.15) is 0 Å². The van der Waals surface area contributed by atoms with E-state index >= 15 is 0 Å². The molecule has 2 aromatic heterocycles. The van der Waals surface area contributed by atoms with Gasteiger partial charge in [0.2, 0.25) is 5.89 Å². The van der Waals surface area contributed by atoms with Crippen molar-refractivity contribution >= 4 is 17.2 Å². The fourth-order valence-corrected chi connectivity index (χ4v) is 4.55. The van der Waals surface area contributed by atoms with Crippen molar-refractivity contribution in [3.63, 3.8) is 0 Å². The molecule has 1 saturated heterocycles. The van der Waals surface area contributed by atoms with Crippen LogP contribution in [0, 0.1) is 0 Å². The lowest BCUT2D eigenvalue weighted by Gasteiger charge is -2.05. The monoisotopic (exact) mass is 346 g/mol. The van der Waals surface area contributed by atoms with E-state index in [0.717, 1.165) is 36.6 Å². The topological polar surface area (TPSA) is 80.1 Å². The molecular formula is C17H22N4O2S. The van der Waals surface area contributed by atoms with Crippen LogP contribution in [0.5, 0.6) is 0 Å². The fourth-order valence-electron chi connectivity index (χ4n) is 3.51. The van der Waals surface area contributed by atoms with Crippen LogP contribution >= 0.6 is 11.3 Å². The number of nitrogens with one attached hydrogen (secondary N) is 2. The van der Waals surface area contributed by atoms with Crippen molar-refractivity contribution in [2.75, 3.05) is 6.54 Å². The SMILES string of the molecule is O=C(NCc1noc(C2CCCC2)n1)c1ccc(C2CCCN2)s1. The van der Waals surface area contributed by atoms with Crippen LogP contribution in [-0.2, 0) is 6.54 Å². The highest BCUT2D eigenvalue weighted by Crippen LogP contribution is 2.33. The molecule has 1 aliphatic carbocycles. The van der Waals surface area contributed by atoms with Crippen molar-refractivity contribution in [3.05, 3.63) is 33.6 Å². The molecule has 1 saturated carbocycles. The standard InChI is InChI=1S/C17H22N4O2S/c22-16(14-8-7-13(24-14)12-6-3-9-18-12)19-10-15-20-17(23-21-15)11-4-1-2-5-11/h7-8,11-12,18H,1-6,9-10H2,(H,19,22). The number of hydrogen-bond donors (Lipinski definition) is 2. The van der Waals surface area contributed by atoms with Gasteiger partial charge in [0.05, 0.1) is 11.4 Å². The van der Waals surface area contributed by atoms with Crippen molar-refractivity contribution in [1.82, 2.24) is 20.8 Å². The minimum absolute atomic E-state index is 0.0727. The summed E-state index contributed by atoms with van der Waals surface area (Å²) in [6, 6.07) is 4.35. The molecular weight excluding hydrogens is 324 g/mol. The Hall–Kier alpha value is -1.73. The maximum absolute atomic E-state index is 12.3. The summed E-state index contributed by atoms with van der Waals surface area (Å²) < 4.78 is 5.34. The van der Waals surface area contributed by atoms with E-state index in [2.05, 4.69) is 26.8 Å². The molecule has 6 nitrogen and oxygen atoms in total. The Bertz CT molecular complexity index is 699. The summed E-state index contributed by atoms with van der Waals surface area (Å²) in [5, 5.41) is 10.3. The van der Waals surface area contributed by atoms with E-state index in [9.17, 15) is 4.79 Å². The molecule has 4 rings (SSSR count). The summed E-state index contributed by atoms with van der Waals surface area (Å²) in [6.07, 6.45) is 7.06. The van der Waals surface area contributed by atoms with Crippen LogP contribution in [0.3, 0.4) is 0 Å². The third-order valence-electron chi connectivity index (χ3n) is 4.85. The lowest BCUT2D eigenvalue weighted by molar-refractivity contribution is 0.0953. The van der Waals surface area contributed by atoms with E-state index in [0.29, 0.717) is 24.3 Å². The van der Waals surface area contributed by atoms with Crippen LogP contribution in [0.2, 0.25) is 0 Å². The van der Waals surface area contributed by atoms with Crippen molar-refractivity contribution in [2.24, 2.45) is 0 Å². The van der Waals surface area contributed by atoms with Gasteiger partial charge in [0, 0.05) is 16.8 Å². The normalized spacial score (nSPS) is 21.4. The number of carbonyl (C=O) groups is 1. The number of hydrogen-bond acceptors (Lipinski definition) is 6. The summed E-state index contributed by atoms with van der Waals surface area (Å²) >= 11 is 1.56. The molecule has 3 heterocycles. The molecule has 2 N–H and O–H groups in total. The smallest absolute Gasteiger partial charge is 0.261 e. The van der Waals surface area contributed by atoms with Gasteiger partial charge in [-0.05, 0) is 44.4 Å². The van der Waals surface area contributed by atoms with Crippen molar-refractivity contribution in [1.29, 1.82) is 0 Å². The molecule has 2 aromatic rings. The van der Waals surface area contributed by atoms with Gasteiger partial charge in [0.15, 0.2) is 5.82 Å². The average molecular weight is 346 g/mol. The van der Waals surface area contributed by atoms with Gasteiger partial charge in [-0.3, -0.25) is 4.79 Å². The van der Waals surface area contributed by atoms with E-state index in [4.69, 9.17) is 4.52 Å². The Balaban J connectivity index is 1.33. The second-order valence-electron chi connectivity index (χ2n) is 6.56. The lowest BCUT2D eigenvalue weighted by atomic mass is 10.1. The molecule has 1 atom stereocenters. The van der Waals surface area contributed by atoms with Crippen LogP contribution in [-0.4, -0.2) is 22.6 Å². The zero-order valence-corrected chi connectivity index (χ0v) is 14.4. The van der Waals surface area contributed by atoms with Gasteiger partial charge in [0.25, 0.3) is 5.91 Å². The second-order valence-corrected chi connectivity index (χ2v) is 7.68. The number of thiophene rings is 1. The number of amides is 1. The molecule has 0 aromatic carbocycles. The van der Waals surface area contributed by atoms with E-state index in [1.54, 1.807) is 11.3 Å². The molecule has 24 heavy (non-hydrogen) atoms. The van der Waals surface area contributed by atoms with Crippen LogP contribution in [0.4, 0.5) is 0 Å². The Kier molecular flexibility index (Phi) is 4.62. The minimum atomic E-state index is -0.0727. The Morgan fingerprint density at radius 3 is 2.96 bits per heavy atom. The number of carbonyl (C=O) groups excluding carboxylic acids is 1. The van der Waals surface area contributed by atoms with Gasteiger partial charge >= 0.3 is 0 Å². The quantitative estimate of drug-likeness (QED) is 0.869. The molecule has 1 amide bonds. The third-order valence-corrected chi connectivity index (χ3v) is 6.05. The highest BCUT2D eigenvalue weighted by molar-refractivity contribution is 7.14. The number of nitrogens with zero attached hydrogens (tertiary/aromatic N) is 2. The Morgan fingerprint density at radius 2 is 2.17 bits per heavy atom. The Morgan fingerprint density at radius 1 is 1.29 bits per heavy atom. The first-order valence-electron chi connectivity index (χ1n) is 8.73. The minimum Gasteiger partial charge on any atom is -0.344 e. The second kappa shape index (κ2) is 7.03. The summed E-state index contributed by atoms with van der Waals surface area (Å²) in [5.74, 6) is 1.61. The van der Waals surface area contributed by atoms with Gasteiger partial charge < -0.3 is 15.2 Å². The average Bonchev–Trinajstić information content (AvgIpc) is 3.40. The van der Waals surface area contributed by atoms with E-state index in [-0.39, 0.29) is 5.91 Å². The molecule has 0 radical (unpaired) electrons. The number of aromatic nitrogens is 2. The van der Waals surface area contributed by atoms with Crippen LogP contribution in [0.25, 0.3) is 0 Å². The van der Waals surface area contributed by atoms with Crippen molar-refractivity contribution < 1.29 is 9.32 Å². The fraction of sp³-hybridized carbons (Fsp3) is 0.588. The largest absolute Gasteiger partial charge is 0.344 e. The summed E-state index contributed by atoms with van der Waals surface area (Å²) in [5.41, 5.74) is 0. The first-order chi connectivity index (χ1) is 11.8. The molecule has 1 unspecified atom stereocenters. The molecule has 2 aliphatic rings. The zero-order chi connectivity index (χ0) is 16.4. The molecule has 1 aliphatic heterocycles. The zero-order valence-electron chi connectivity index (χ0n) is 13.6. The van der Waals surface area contributed by atoms with E-state index in [1.165, 1.54) is 24.1 Å². The van der Waals surface area contributed by atoms with Gasteiger partial charge in [-0.25, -0.2) is 0 Å². The van der Waals surface area contributed by atoms with E-state index in [1.807, 2.05) is 6.07 Å². The van der Waals surface area contributed by atoms with Crippen LogP contribution in [0.15, 0.2) is 16.7 Å². The molecule has 128 valence electrons. The van der Waals surface area contributed by atoms with E-state index < -0.39 is 0 Å². The first-order valence-corrected chi connectivity index (χ1v) is 9.55. The maximum Gasteiger partial charge on any atom is 0.261 e. The van der Waals surface area contributed by atoms with Gasteiger partial charge in [-0.15, -0.1) is 11.3 Å². The van der Waals surface area contributed by atoms with Crippen molar-refractivity contribution in [3.8, 4) is 0 Å². The predicted molar refractivity (Wildman–Crippen MR) is 91.0 cm³/mol. The highest BCUT2D eigenvalue weighted by atomic mass is 32.1. The molecule has 2 fully saturated rings.